The summed E-state index contributed by atoms with van der Waals surface area (Å²) in [5, 5.41) is 6.16. The van der Waals surface area contributed by atoms with Gasteiger partial charge in [0.25, 0.3) is 0 Å². The Labute approximate surface area is 118 Å². The van der Waals surface area contributed by atoms with Gasteiger partial charge in [0, 0.05) is 17.8 Å². The lowest BCUT2D eigenvalue weighted by molar-refractivity contribution is -0.116. The number of carbonyl (C=O) groups excluding carboxylic acids is 1. The van der Waals surface area contributed by atoms with Crippen LogP contribution in [0.15, 0.2) is 54.6 Å². The van der Waals surface area contributed by atoms with Crippen LogP contribution in [0.4, 0.5) is 11.4 Å². The Balaban J connectivity index is 0.00000133. The lowest BCUT2D eigenvalue weighted by Gasteiger charge is -2.11. The van der Waals surface area contributed by atoms with Gasteiger partial charge in [-0.25, -0.2) is 0 Å². The molecule has 1 aliphatic heterocycles. The fourth-order valence-corrected chi connectivity index (χ4v) is 2.21. The van der Waals surface area contributed by atoms with E-state index in [1.807, 2.05) is 48.5 Å². The number of halogens is 1. The van der Waals surface area contributed by atoms with Gasteiger partial charge in [-0.3, -0.25) is 4.79 Å². The molecule has 3 rings (SSSR count). The van der Waals surface area contributed by atoms with Crippen molar-refractivity contribution in [3.05, 3.63) is 60.2 Å². The molecule has 0 radical (unpaired) electrons. The number of para-hydroxylation sites is 2. The molecular formula is C15H15ClN2O. The molecule has 0 saturated carbocycles. The molecule has 0 fully saturated rings. The number of anilines is 2. The lowest BCUT2D eigenvalue weighted by atomic mass is 10.1. The predicted octanol–water partition coefficient (Wildman–Crippen LogP) is 3.08. The Kier molecular flexibility index (Phi) is 4.07. The molecule has 98 valence electrons. The van der Waals surface area contributed by atoms with Crippen molar-refractivity contribution < 1.29 is 4.79 Å². The topological polar surface area (TPSA) is 41.1 Å². The molecule has 2 aromatic carbocycles. The molecule has 1 unspecified atom stereocenters. The summed E-state index contributed by atoms with van der Waals surface area (Å²) in [5.41, 5.74) is 3.09. The van der Waals surface area contributed by atoms with E-state index in [4.69, 9.17) is 0 Å². The summed E-state index contributed by atoms with van der Waals surface area (Å²) in [6.07, 6.45) is 0.745. The maximum absolute atomic E-state index is 12.1. The Hall–Kier alpha value is -2.00. The molecule has 1 aliphatic rings. The molecule has 2 aromatic rings. The van der Waals surface area contributed by atoms with Crippen molar-refractivity contribution in [1.29, 1.82) is 0 Å². The quantitative estimate of drug-likeness (QED) is 0.884. The molecule has 4 heteroatoms. The number of rotatable bonds is 2. The maximum Gasteiger partial charge on any atom is 0.247 e. The normalized spacial score (nSPS) is 15.9. The van der Waals surface area contributed by atoms with Gasteiger partial charge in [0.1, 0.15) is 6.04 Å². The van der Waals surface area contributed by atoms with Crippen LogP contribution < -0.4 is 10.6 Å². The summed E-state index contributed by atoms with van der Waals surface area (Å²) in [6, 6.07) is 17.4. The van der Waals surface area contributed by atoms with Gasteiger partial charge >= 0.3 is 0 Å². The summed E-state index contributed by atoms with van der Waals surface area (Å²) in [6.45, 7) is 0. The number of fused-ring (bicyclic) bond motifs is 1. The van der Waals surface area contributed by atoms with E-state index in [-0.39, 0.29) is 24.4 Å². The Morgan fingerprint density at radius 3 is 2.47 bits per heavy atom. The van der Waals surface area contributed by atoms with Crippen LogP contribution >= 0.6 is 12.4 Å². The Morgan fingerprint density at radius 2 is 1.74 bits per heavy atom. The molecule has 0 aliphatic carbocycles. The van der Waals surface area contributed by atoms with E-state index in [1.165, 1.54) is 5.56 Å². The zero-order valence-corrected chi connectivity index (χ0v) is 11.1. The first-order valence-corrected chi connectivity index (χ1v) is 6.03. The second-order valence-corrected chi connectivity index (χ2v) is 4.41. The van der Waals surface area contributed by atoms with Crippen molar-refractivity contribution in [2.24, 2.45) is 0 Å². The van der Waals surface area contributed by atoms with Crippen molar-refractivity contribution in [3.63, 3.8) is 0 Å². The van der Waals surface area contributed by atoms with Crippen LogP contribution in [0.25, 0.3) is 0 Å². The Morgan fingerprint density at radius 1 is 1.05 bits per heavy atom. The van der Waals surface area contributed by atoms with Crippen LogP contribution in [0.5, 0.6) is 0 Å². The van der Waals surface area contributed by atoms with E-state index in [2.05, 4.69) is 16.7 Å². The maximum atomic E-state index is 12.1. The molecule has 1 atom stereocenters. The molecule has 2 N–H and O–H groups in total. The number of amides is 1. The lowest BCUT2D eigenvalue weighted by Crippen LogP contribution is -2.32. The van der Waals surface area contributed by atoms with E-state index in [1.54, 1.807) is 0 Å². The summed E-state index contributed by atoms with van der Waals surface area (Å²) in [4.78, 5) is 12.1. The second-order valence-electron chi connectivity index (χ2n) is 4.41. The van der Waals surface area contributed by atoms with Crippen molar-refractivity contribution >= 4 is 29.7 Å². The zero-order chi connectivity index (χ0) is 12.4. The van der Waals surface area contributed by atoms with Gasteiger partial charge < -0.3 is 10.6 Å². The standard InChI is InChI=1S/C15H14N2O.ClH/c18-15(16-12-7-2-1-3-8-12)14-10-11-6-4-5-9-13(11)17-14;/h1-9,14,17H,10H2,(H,16,18);1H. The van der Waals surface area contributed by atoms with Crippen LogP contribution in [0.1, 0.15) is 5.56 Å². The number of hydrogen-bond acceptors (Lipinski definition) is 2. The van der Waals surface area contributed by atoms with Gasteiger partial charge in [0.2, 0.25) is 5.91 Å². The SMILES string of the molecule is Cl.O=C(Nc1ccccc1)C1Cc2ccccc2N1. The van der Waals surface area contributed by atoms with Crippen molar-refractivity contribution in [1.82, 2.24) is 0 Å². The minimum atomic E-state index is -0.178. The summed E-state index contributed by atoms with van der Waals surface area (Å²) >= 11 is 0. The number of hydrogen-bond donors (Lipinski definition) is 2. The summed E-state index contributed by atoms with van der Waals surface area (Å²) in [7, 11) is 0. The number of benzene rings is 2. The molecule has 1 amide bonds. The number of carbonyl (C=O) groups is 1. The summed E-state index contributed by atoms with van der Waals surface area (Å²) < 4.78 is 0. The van der Waals surface area contributed by atoms with Crippen molar-refractivity contribution in [2.45, 2.75) is 12.5 Å². The summed E-state index contributed by atoms with van der Waals surface area (Å²) in [5.74, 6) is 0.0115. The van der Waals surface area contributed by atoms with E-state index >= 15 is 0 Å². The highest BCUT2D eigenvalue weighted by atomic mass is 35.5. The molecular weight excluding hydrogens is 260 g/mol. The predicted molar refractivity (Wildman–Crippen MR) is 79.9 cm³/mol. The first-order chi connectivity index (χ1) is 8.83. The van der Waals surface area contributed by atoms with Crippen LogP contribution in [0, 0.1) is 0 Å². The van der Waals surface area contributed by atoms with Crippen LogP contribution in [-0.4, -0.2) is 11.9 Å². The van der Waals surface area contributed by atoms with Gasteiger partial charge in [-0.15, -0.1) is 12.4 Å². The van der Waals surface area contributed by atoms with E-state index in [0.717, 1.165) is 17.8 Å². The van der Waals surface area contributed by atoms with Crippen LogP contribution in [-0.2, 0) is 11.2 Å². The first-order valence-electron chi connectivity index (χ1n) is 6.03. The van der Waals surface area contributed by atoms with Crippen molar-refractivity contribution in [2.75, 3.05) is 10.6 Å². The molecule has 0 aromatic heterocycles. The average molecular weight is 275 g/mol. The third kappa shape index (κ3) is 2.88. The fourth-order valence-electron chi connectivity index (χ4n) is 2.21. The highest BCUT2D eigenvalue weighted by Crippen LogP contribution is 2.25. The molecule has 3 nitrogen and oxygen atoms in total. The third-order valence-corrected chi connectivity index (χ3v) is 3.13. The monoisotopic (exact) mass is 274 g/mol. The zero-order valence-electron chi connectivity index (χ0n) is 10.3. The second kappa shape index (κ2) is 5.76. The largest absolute Gasteiger partial charge is 0.373 e. The fraction of sp³-hybridized carbons (Fsp3) is 0.133. The molecule has 0 saturated heterocycles. The highest BCUT2D eigenvalue weighted by Gasteiger charge is 2.26. The smallest absolute Gasteiger partial charge is 0.247 e. The van der Waals surface area contributed by atoms with Gasteiger partial charge in [0.15, 0.2) is 0 Å². The van der Waals surface area contributed by atoms with Crippen LogP contribution in [0.2, 0.25) is 0 Å². The van der Waals surface area contributed by atoms with E-state index < -0.39 is 0 Å². The first kappa shape index (κ1) is 13.4. The highest BCUT2D eigenvalue weighted by molar-refractivity contribution is 5.98. The molecule has 19 heavy (non-hydrogen) atoms. The van der Waals surface area contributed by atoms with Gasteiger partial charge in [-0.1, -0.05) is 36.4 Å². The van der Waals surface area contributed by atoms with Gasteiger partial charge in [-0.05, 0) is 23.8 Å². The Bertz CT molecular complexity index is 546. The molecule has 0 bridgehead atoms. The minimum absolute atomic E-state index is 0. The van der Waals surface area contributed by atoms with Gasteiger partial charge in [-0.2, -0.15) is 0 Å². The third-order valence-electron chi connectivity index (χ3n) is 3.13. The van der Waals surface area contributed by atoms with Crippen LogP contribution in [0.3, 0.4) is 0 Å². The van der Waals surface area contributed by atoms with Gasteiger partial charge in [0.05, 0.1) is 0 Å². The minimum Gasteiger partial charge on any atom is -0.373 e. The molecule has 0 spiro atoms. The van der Waals surface area contributed by atoms with E-state index in [9.17, 15) is 4.79 Å². The molecule has 1 heterocycles. The number of nitrogens with one attached hydrogen (secondary N) is 2. The van der Waals surface area contributed by atoms with Crippen molar-refractivity contribution in [3.8, 4) is 0 Å². The van der Waals surface area contributed by atoms with E-state index in [0.29, 0.717) is 0 Å². The average Bonchev–Trinajstić information content (AvgIpc) is 2.84.